The molecule has 7 atom stereocenters. The van der Waals surface area contributed by atoms with Gasteiger partial charge in [-0.1, -0.05) is 25.5 Å². The summed E-state index contributed by atoms with van der Waals surface area (Å²) in [5.41, 5.74) is 0.580. The first kappa shape index (κ1) is 24.0. The number of methoxy groups -OCH3 is 2. The number of carbonyl (C=O) groups is 2. The van der Waals surface area contributed by atoms with Crippen LogP contribution in [-0.2, 0) is 28.5 Å². The molecule has 1 amide bonds. The molecule has 1 unspecified atom stereocenters. The van der Waals surface area contributed by atoms with Crippen molar-refractivity contribution in [2.24, 2.45) is 11.8 Å². The van der Waals surface area contributed by atoms with E-state index in [1.54, 1.807) is 7.11 Å². The summed E-state index contributed by atoms with van der Waals surface area (Å²) in [6, 6.07) is -0.770. The summed E-state index contributed by atoms with van der Waals surface area (Å²) < 4.78 is 28.5. The third kappa shape index (κ3) is 4.91. The highest BCUT2D eigenvalue weighted by molar-refractivity contribution is 5.81. The monoisotopic (exact) mass is 439 g/mol. The summed E-state index contributed by atoms with van der Waals surface area (Å²) >= 11 is 0. The lowest BCUT2D eigenvalue weighted by Crippen LogP contribution is -2.56. The standard InChI is InChI=1S/C23H37NO7/c1-13(2)8-9-16-22(5,31-16)19-18(27-6)15(10-11-23(19)12-29-23)30-21(26)24-17(14(3)4)20(25)28-7/h8,14-19H,9-12H2,1-7H3,(H,24,26)/t15-,16-,17-,18-,19-,22?,23+/m1/s1. The summed E-state index contributed by atoms with van der Waals surface area (Å²) in [6.45, 7) is 10.6. The van der Waals surface area contributed by atoms with E-state index in [-0.39, 0.29) is 29.6 Å². The Balaban J connectivity index is 1.71. The van der Waals surface area contributed by atoms with Gasteiger partial charge in [-0.25, -0.2) is 9.59 Å². The molecule has 1 N–H and O–H groups in total. The summed E-state index contributed by atoms with van der Waals surface area (Å²) in [5, 5.41) is 2.64. The highest BCUT2D eigenvalue weighted by Gasteiger charge is 2.72. The maximum absolute atomic E-state index is 12.6. The summed E-state index contributed by atoms with van der Waals surface area (Å²) in [5.74, 6) is -0.674. The van der Waals surface area contributed by atoms with Crippen LogP contribution in [0, 0.1) is 11.8 Å². The molecule has 1 aliphatic carbocycles. The lowest BCUT2D eigenvalue weighted by molar-refractivity contribution is -0.144. The highest BCUT2D eigenvalue weighted by atomic mass is 16.6. The van der Waals surface area contributed by atoms with Crippen molar-refractivity contribution in [2.75, 3.05) is 20.8 Å². The molecular formula is C23H37NO7. The van der Waals surface area contributed by atoms with Crippen molar-refractivity contribution in [1.82, 2.24) is 5.32 Å². The van der Waals surface area contributed by atoms with Crippen molar-refractivity contribution >= 4 is 12.1 Å². The number of allylic oxidation sites excluding steroid dienone is 1. The number of nitrogens with one attached hydrogen (secondary N) is 1. The molecule has 3 aliphatic rings. The third-order valence-corrected chi connectivity index (χ3v) is 6.89. The van der Waals surface area contributed by atoms with Gasteiger partial charge in [0.2, 0.25) is 0 Å². The molecule has 1 spiro atoms. The molecule has 0 aromatic heterocycles. The molecule has 2 aliphatic heterocycles. The number of carbonyl (C=O) groups excluding carboxylic acids is 2. The minimum atomic E-state index is -0.770. The van der Waals surface area contributed by atoms with Crippen LogP contribution in [0.15, 0.2) is 11.6 Å². The quantitative estimate of drug-likeness (QED) is 0.353. The fourth-order valence-corrected chi connectivity index (χ4v) is 4.99. The molecule has 0 radical (unpaired) electrons. The van der Waals surface area contributed by atoms with Crippen molar-refractivity contribution in [3.8, 4) is 0 Å². The SMILES string of the molecule is COC(=O)[C@H](NC(=O)O[C@@H]1CC[C@]2(CO2)[C@@H](C2(C)O[C@@H]2CC=C(C)C)[C@@H]1OC)C(C)C. The van der Waals surface area contributed by atoms with Crippen LogP contribution in [0.25, 0.3) is 0 Å². The zero-order valence-corrected chi connectivity index (χ0v) is 19.7. The molecule has 3 fully saturated rings. The number of rotatable bonds is 8. The lowest BCUT2D eigenvalue weighted by Gasteiger charge is -2.42. The number of amides is 1. The van der Waals surface area contributed by atoms with E-state index < -0.39 is 29.8 Å². The Labute approximate surface area is 185 Å². The van der Waals surface area contributed by atoms with Crippen molar-refractivity contribution in [1.29, 1.82) is 0 Å². The Morgan fingerprint density at radius 1 is 1.26 bits per heavy atom. The second-order valence-corrected chi connectivity index (χ2v) is 9.71. The zero-order valence-electron chi connectivity index (χ0n) is 19.7. The molecule has 0 aromatic rings. The molecule has 8 nitrogen and oxygen atoms in total. The van der Waals surface area contributed by atoms with Crippen molar-refractivity contribution < 1.29 is 33.3 Å². The Bertz CT molecular complexity index is 713. The molecule has 176 valence electrons. The van der Waals surface area contributed by atoms with Gasteiger partial charge in [-0.2, -0.15) is 0 Å². The molecule has 0 aromatic carbocycles. The van der Waals surface area contributed by atoms with Crippen LogP contribution in [0.3, 0.4) is 0 Å². The van der Waals surface area contributed by atoms with E-state index in [9.17, 15) is 9.59 Å². The van der Waals surface area contributed by atoms with E-state index in [2.05, 4.69) is 32.2 Å². The number of epoxide rings is 2. The van der Waals surface area contributed by atoms with E-state index in [1.165, 1.54) is 12.7 Å². The van der Waals surface area contributed by atoms with Gasteiger partial charge < -0.3 is 29.0 Å². The van der Waals surface area contributed by atoms with Gasteiger partial charge in [-0.15, -0.1) is 0 Å². The molecule has 2 heterocycles. The maximum Gasteiger partial charge on any atom is 0.408 e. The topological polar surface area (TPSA) is 98.9 Å². The Morgan fingerprint density at radius 3 is 2.45 bits per heavy atom. The fourth-order valence-electron chi connectivity index (χ4n) is 4.99. The van der Waals surface area contributed by atoms with E-state index >= 15 is 0 Å². The Kier molecular flexibility index (Phi) is 7.03. The predicted molar refractivity (Wildman–Crippen MR) is 114 cm³/mol. The molecule has 3 rings (SSSR count). The highest BCUT2D eigenvalue weighted by Crippen LogP contribution is 2.59. The average Bonchev–Trinajstić information content (AvgIpc) is 3.62. The van der Waals surface area contributed by atoms with Crippen molar-refractivity contribution in [3.05, 3.63) is 11.6 Å². The van der Waals surface area contributed by atoms with Gasteiger partial charge in [-0.3, -0.25) is 0 Å². The first-order valence-corrected chi connectivity index (χ1v) is 11.1. The van der Waals surface area contributed by atoms with E-state index in [0.29, 0.717) is 13.0 Å². The fraction of sp³-hybridized carbons (Fsp3) is 0.826. The van der Waals surface area contributed by atoms with Gasteiger partial charge in [0.15, 0.2) is 0 Å². The third-order valence-electron chi connectivity index (χ3n) is 6.89. The number of esters is 1. The molecule has 0 bridgehead atoms. The zero-order chi connectivity index (χ0) is 23.0. The second kappa shape index (κ2) is 9.08. The number of alkyl carbamates (subject to hydrolysis) is 1. The molecule has 1 saturated carbocycles. The van der Waals surface area contributed by atoms with Gasteiger partial charge in [0, 0.05) is 7.11 Å². The van der Waals surface area contributed by atoms with E-state index in [4.69, 9.17) is 23.7 Å². The van der Waals surface area contributed by atoms with E-state index in [1.807, 2.05) is 13.8 Å². The predicted octanol–water partition coefficient (Wildman–Crippen LogP) is 2.99. The van der Waals surface area contributed by atoms with Crippen LogP contribution < -0.4 is 5.32 Å². The molecule has 8 heteroatoms. The minimum absolute atomic E-state index is 0.0476. The van der Waals surface area contributed by atoms with Gasteiger partial charge in [-0.05, 0) is 46.0 Å². The van der Waals surface area contributed by atoms with Crippen LogP contribution in [0.4, 0.5) is 4.79 Å². The van der Waals surface area contributed by atoms with E-state index in [0.717, 1.165) is 12.8 Å². The lowest BCUT2D eigenvalue weighted by atomic mass is 9.68. The van der Waals surface area contributed by atoms with Crippen molar-refractivity contribution in [3.63, 3.8) is 0 Å². The largest absolute Gasteiger partial charge is 0.467 e. The smallest absolute Gasteiger partial charge is 0.408 e. The summed E-state index contributed by atoms with van der Waals surface area (Å²) in [7, 11) is 2.93. The summed E-state index contributed by atoms with van der Waals surface area (Å²) in [6.07, 6.45) is 3.04. The molecule has 31 heavy (non-hydrogen) atoms. The normalized spacial score (nSPS) is 37.2. The molecular weight excluding hydrogens is 402 g/mol. The van der Waals surface area contributed by atoms with Crippen molar-refractivity contribution in [2.45, 2.75) is 89.4 Å². The van der Waals surface area contributed by atoms with Crippen LogP contribution in [0.2, 0.25) is 0 Å². The van der Waals surface area contributed by atoms with Crippen LogP contribution in [-0.4, -0.2) is 68.4 Å². The Hall–Kier alpha value is -1.64. The average molecular weight is 440 g/mol. The van der Waals surface area contributed by atoms with Crippen LogP contribution in [0.5, 0.6) is 0 Å². The first-order valence-electron chi connectivity index (χ1n) is 11.1. The second-order valence-electron chi connectivity index (χ2n) is 9.71. The van der Waals surface area contributed by atoms with Gasteiger partial charge in [0.05, 0.1) is 25.7 Å². The molecule has 2 saturated heterocycles. The maximum atomic E-state index is 12.6. The van der Waals surface area contributed by atoms with Gasteiger partial charge in [0.25, 0.3) is 0 Å². The number of hydrogen-bond acceptors (Lipinski definition) is 7. The van der Waals surface area contributed by atoms with Crippen LogP contribution >= 0.6 is 0 Å². The first-order chi connectivity index (χ1) is 14.6. The Morgan fingerprint density at radius 2 is 1.94 bits per heavy atom. The number of hydrogen-bond donors (Lipinski definition) is 1. The summed E-state index contributed by atoms with van der Waals surface area (Å²) in [4.78, 5) is 24.6. The number of ether oxygens (including phenoxy) is 5. The van der Waals surface area contributed by atoms with Crippen LogP contribution in [0.1, 0.15) is 53.9 Å². The minimum Gasteiger partial charge on any atom is -0.467 e. The van der Waals surface area contributed by atoms with Gasteiger partial charge >= 0.3 is 12.1 Å². The van der Waals surface area contributed by atoms with Gasteiger partial charge in [0.1, 0.15) is 29.5 Å².